The van der Waals surface area contributed by atoms with Gasteiger partial charge in [0.05, 0.1) is 6.04 Å². The Bertz CT molecular complexity index is 121. The minimum atomic E-state index is 0.412. The molecule has 1 fully saturated rings. The average molecular weight is 112 g/mol. The zero-order chi connectivity index (χ0) is 5.40. The van der Waals surface area contributed by atoms with Crippen LogP contribution < -0.4 is 10.7 Å². The first-order valence-electron chi connectivity index (χ1n) is 2.83. The van der Waals surface area contributed by atoms with Crippen LogP contribution in [0.1, 0.15) is 0 Å². The topological polar surface area (TPSA) is 48.8 Å². The molecular formula is C4H8N4. The second kappa shape index (κ2) is 1.42. The molecule has 2 N–H and O–H groups in total. The smallest absolute Gasteiger partial charge is 0.108 e. The molecule has 0 aromatic carbocycles. The number of fused-ring (bicyclic) bond motifs is 1. The summed E-state index contributed by atoms with van der Waals surface area (Å²) >= 11 is 0. The summed E-state index contributed by atoms with van der Waals surface area (Å²) in [5, 5.41) is 10.9. The van der Waals surface area contributed by atoms with Crippen LogP contribution in [0.2, 0.25) is 0 Å². The molecule has 0 bridgehead atoms. The maximum absolute atomic E-state index is 3.95. The van der Waals surface area contributed by atoms with Gasteiger partial charge >= 0.3 is 0 Å². The first-order chi connectivity index (χ1) is 3.97. The number of nitrogens with zero attached hydrogens (tertiary/aromatic N) is 2. The lowest BCUT2D eigenvalue weighted by Crippen LogP contribution is -2.28. The summed E-state index contributed by atoms with van der Waals surface area (Å²) in [6, 6.07) is 0.894. The predicted octanol–water partition coefficient (Wildman–Crippen LogP) is -0.703. The summed E-state index contributed by atoms with van der Waals surface area (Å²) in [7, 11) is 0. The highest BCUT2D eigenvalue weighted by Crippen LogP contribution is 2.09. The molecule has 0 aliphatic carbocycles. The molecule has 2 unspecified atom stereocenters. The molecule has 8 heavy (non-hydrogen) atoms. The van der Waals surface area contributed by atoms with Crippen molar-refractivity contribution < 1.29 is 0 Å². The van der Waals surface area contributed by atoms with Crippen LogP contribution in [0, 0.1) is 0 Å². The summed E-state index contributed by atoms with van der Waals surface area (Å²) in [5.41, 5.74) is 2.91. The predicted molar refractivity (Wildman–Crippen MR) is 28.4 cm³/mol. The Kier molecular flexibility index (Phi) is 0.754. The van der Waals surface area contributed by atoms with Gasteiger partial charge in [0, 0.05) is 13.1 Å². The Hall–Kier alpha value is -0.640. The molecule has 2 heterocycles. The monoisotopic (exact) mass is 112 g/mol. The van der Waals surface area contributed by atoms with Crippen LogP contribution in [0.3, 0.4) is 0 Å². The second-order valence-electron chi connectivity index (χ2n) is 2.18. The summed E-state index contributed by atoms with van der Waals surface area (Å²) in [4.78, 5) is 0. The average Bonchev–Trinajstić information content (AvgIpc) is 2.15. The number of hydrogen-bond donors (Lipinski definition) is 2. The van der Waals surface area contributed by atoms with E-state index in [1.54, 1.807) is 0 Å². The van der Waals surface area contributed by atoms with E-state index in [0.29, 0.717) is 12.1 Å². The van der Waals surface area contributed by atoms with Gasteiger partial charge in [0.2, 0.25) is 0 Å². The van der Waals surface area contributed by atoms with E-state index in [4.69, 9.17) is 0 Å². The highest BCUT2D eigenvalue weighted by atomic mass is 15.5. The molecule has 1 saturated heterocycles. The normalized spacial score (nSPS) is 42.0. The third kappa shape index (κ3) is 0.432. The second-order valence-corrected chi connectivity index (χ2v) is 2.18. The van der Waals surface area contributed by atoms with Gasteiger partial charge in [-0.2, -0.15) is 5.11 Å². The Morgan fingerprint density at radius 1 is 1.38 bits per heavy atom. The molecule has 0 aromatic rings. The summed E-state index contributed by atoms with van der Waals surface area (Å²) in [5.74, 6) is 0. The lowest BCUT2D eigenvalue weighted by atomic mass is 10.2. The molecule has 0 amide bonds. The lowest BCUT2D eigenvalue weighted by molar-refractivity contribution is 0.602. The zero-order valence-corrected chi connectivity index (χ0v) is 4.46. The molecule has 0 spiro atoms. The van der Waals surface area contributed by atoms with E-state index in [0.717, 1.165) is 13.1 Å². The van der Waals surface area contributed by atoms with Crippen molar-refractivity contribution in [3.8, 4) is 0 Å². The van der Waals surface area contributed by atoms with E-state index in [9.17, 15) is 0 Å². The molecule has 0 aromatic heterocycles. The van der Waals surface area contributed by atoms with E-state index in [2.05, 4.69) is 21.1 Å². The van der Waals surface area contributed by atoms with Crippen molar-refractivity contribution in [2.45, 2.75) is 12.1 Å². The molecule has 2 rings (SSSR count). The van der Waals surface area contributed by atoms with Crippen molar-refractivity contribution in [3.63, 3.8) is 0 Å². The number of nitrogens with one attached hydrogen (secondary N) is 2. The summed E-state index contributed by atoms with van der Waals surface area (Å²) in [6.07, 6.45) is 0. The van der Waals surface area contributed by atoms with Crippen LogP contribution in [0.4, 0.5) is 0 Å². The van der Waals surface area contributed by atoms with Crippen molar-refractivity contribution in [2.75, 3.05) is 13.1 Å². The number of hydrogen-bond acceptors (Lipinski definition) is 4. The van der Waals surface area contributed by atoms with E-state index < -0.39 is 0 Å². The first-order valence-corrected chi connectivity index (χ1v) is 2.83. The maximum Gasteiger partial charge on any atom is 0.108 e. The third-order valence-corrected chi connectivity index (χ3v) is 1.61. The molecule has 0 radical (unpaired) electrons. The van der Waals surface area contributed by atoms with Gasteiger partial charge < -0.3 is 5.32 Å². The quantitative estimate of drug-likeness (QED) is 0.435. The van der Waals surface area contributed by atoms with Gasteiger partial charge in [0.1, 0.15) is 6.04 Å². The lowest BCUT2D eigenvalue weighted by Gasteiger charge is -2.00. The van der Waals surface area contributed by atoms with Crippen molar-refractivity contribution in [1.29, 1.82) is 0 Å². The van der Waals surface area contributed by atoms with Gasteiger partial charge in [0.15, 0.2) is 0 Å². The summed E-state index contributed by atoms with van der Waals surface area (Å²) in [6.45, 7) is 2.00. The fourth-order valence-electron chi connectivity index (χ4n) is 1.10. The molecule has 2 atom stereocenters. The van der Waals surface area contributed by atoms with Crippen molar-refractivity contribution in [3.05, 3.63) is 0 Å². The highest BCUT2D eigenvalue weighted by molar-refractivity contribution is 4.92. The Morgan fingerprint density at radius 3 is 3.25 bits per heavy atom. The molecular weight excluding hydrogens is 104 g/mol. The van der Waals surface area contributed by atoms with E-state index >= 15 is 0 Å². The van der Waals surface area contributed by atoms with Crippen LogP contribution in [0.15, 0.2) is 10.3 Å². The van der Waals surface area contributed by atoms with E-state index in [1.165, 1.54) is 0 Å². The first kappa shape index (κ1) is 4.26. The van der Waals surface area contributed by atoms with Gasteiger partial charge in [-0.25, -0.2) is 0 Å². The SMILES string of the molecule is C1NCC2NN=NC12. The molecule has 4 nitrogen and oxygen atoms in total. The fraction of sp³-hybridized carbons (Fsp3) is 1.00. The van der Waals surface area contributed by atoms with E-state index in [-0.39, 0.29) is 0 Å². The Morgan fingerprint density at radius 2 is 2.38 bits per heavy atom. The van der Waals surface area contributed by atoms with Crippen LogP contribution in [-0.2, 0) is 0 Å². The molecule has 2 aliphatic rings. The highest BCUT2D eigenvalue weighted by Gasteiger charge is 2.29. The van der Waals surface area contributed by atoms with Gasteiger partial charge in [-0.1, -0.05) is 5.22 Å². The van der Waals surface area contributed by atoms with Crippen LogP contribution >= 0.6 is 0 Å². The molecule has 44 valence electrons. The Balaban J connectivity index is 2.13. The molecule has 0 saturated carbocycles. The van der Waals surface area contributed by atoms with Crippen LogP contribution in [-0.4, -0.2) is 25.2 Å². The van der Waals surface area contributed by atoms with Crippen LogP contribution in [0.5, 0.6) is 0 Å². The minimum absolute atomic E-state index is 0.412. The Labute approximate surface area is 47.3 Å². The zero-order valence-electron chi connectivity index (χ0n) is 4.46. The van der Waals surface area contributed by atoms with Gasteiger partial charge in [-0.05, 0) is 0 Å². The fourth-order valence-corrected chi connectivity index (χ4v) is 1.10. The van der Waals surface area contributed by atoms with Gasteiger partial charge in [-0.15, -0.1) is 0 Å². The van der Waals surface area contributed by atoms with Gasteiger partial charge in [0.25, 0.3) is 0 Å². The van der Waals surface area contributed by atoms with Crippen molar-refractivity contribution >= 4 is 0 Å². The summed E-state index contributed by atoms with van der Waals surface area (Å²) < 4.78 is 0. The standard InChI is InChI=1S/C4H8N4/c1-3-4(2-5-1)7-8-6-3/h3-5H,1-2H2,(H,6,7). The molecule has 4 heteroatoms. The van der Waals surface area contributed by atoms with Crippen LogP contribution in [0.25, 0.3) is 0 Å². The number of rotatable bonds is 0. The largest absolute Gasteiger partial charge is 0.312 e. The maximum atomic E-state index is 3.95. The van der Waals surface area contributed by atoms with Gasteiger partial charge in [-0.3, -0.25) is 5.43 Å². The van der Waals surface area contributed by atoms with Crippen molar-refractivity contribution in [2.24, 2.45) is 10.3 Å². The van der Waals surface area contributed by atoms with E-state index in [1.807, 2.05) is 0 Å². The minimum Gasteiger partial charge on any atom is -0.312 e. The third-order valence-electron chi connectivity index (χ3n) is 1.61. The molecule has 2 aliphatic heterocycles. The van der Waals surface area contributed by atoms with Crippen molar-refractivity contribution in [1.82, 2.24) is 10.7 Å².